The van der Waals surface area contributed by atoms with E-state index in [-0.39, 0.29) is 5.57 Å². The van der Waals surface area contributed by atoms with E-state index in [1.807, 2.05) is 0 Å². The first-order valence-electron chi connectivity index (χ1n) is 2.85. The van der Waals surface area contributed by atoms with Gasteiger partial charge in [0.05, 0.1) is 0 Å². The maximum absolute atomic E-state index is 10.7. The molecule has 1 aliphatic carbocycles. The highest BCUT2D eigenvalue weighted by atomic mass is 16.4. The van der Waals surface area contributed by atoms with Gasteiger partial charge in [0.2, 0.25) is 0 Å². The molecule has 2 unspecified atom stereocenters. The van der Waals surface area contributed by atoms with Crippen LogP contribution in [-0.4, -0.2) is 33.3 Å². The lowest BCUT2D eigenvalue weighted by Crippen LogP contribution is -2.27. The van der Waals surface area contributed by atoms with E-state index in [0.717, 1.165) is 0 Å². The van der Waals surface area contributed by atoms with Crippen LogP contribution >= 0.6 is 0 Å². The molecule has 4 nitrogen and oxygen atoms in total. The minimum Gasteiger partial charge on any atom is -0.509 e. The number of Topliss-reactive ketones (excluding diaryl/α,β-unsaturated/α-hetero) is 1. The Balaban J connectivity index is 2.99. The first kappa shape index (κ1) is 7.24. The molecule has 0 aromatic rings. The fourth-order valence-corrected chi connectivity index (χ4v) is 0.863. The zero-order valence-electron chi connectivity index (χ0n) is 5.40. The summed E-state index contributed by atoms with van der Waals surface area (Å²) in [5, 5.41) is 26.5. The number of aliphatic hydroxyl groups excluding tert-OH is 3. The average molecular weight is 144 g/mol. The molecule has 0 bridgehead atoms. The third kappa shape index (κ3) is 0.732. The Morgan fingerprint density at radius 1 is 1.30 bits per heavy atom. The van der Waals surface area contributed by atoms with Crippen LogP contribution in [0.5, 0.6) is 0 Å². The number of rotatable bonds is 0. The van der Waals surface area contributed by atoms with Crippen LogP contribution in [0.25, 0.3) is 0 Å². The highest BCUT2D eigenvalue weighted by Crippen LogP contribution is 2.20. The molecule has 4 heteroatoms. The topological polar surface area (TPSA) is 77.8 Å². The van der Waals surface area contributed by atoms with E-state index >= 15 is 0 Å². The van der Waals surface area contributed by atoms with Crippen molar-refractivity contribution in [3.8, 4) is 0 Å². The Labute approximate surface area is 57.4 Å². The molecule has 3 N–H and O–H groups in total. The molecule has 0 saturated heterocycles. The number of hydrogen-bond acceptors (Lipinski definition) is 4. The third-order valence-electron chi connectivity index (χ3n) is 1.60. The van der Waals surface area contributed by atoms with Gasteiger partial charge in [-0.2, -0.15) is 0 Å². The van der Waals surface area contributed by atoms with E-state index < -0.39 is 23.8 Å². The molecule has 0 amide bonds. The maximum atomic E-state index is 10.7. The second kappa shape index (κ2) is 2.07. The van der Waals surface area contributed by atoms with Crippen molar-refractivity contribution in [2.45, 2.75) is 19.1 Å². The van der Waals surface area contributed by atoms with Gasteiger partial charge in [-0.05, 0) is 6.92 Å². The van der Waals surface area contributed by atoms with Crippen molar-refractivity contribution in [2.75, 3.05) is 0 Å². The molecular formula is C6H8O4. The Kier molecular flexibility index (Phi) is 1.50. The monoisotopic (exact) mass is 144 g/mol. The summed E-state index contributed by atoms with van der Waals surface area (Å²) in [6, 6.07) is 0. The molecule has 0 aromatic heterocycles. The predicted octanol–water partition coefficient (Wildman–Crippen LogP) is -0.877. The van der Waals surface area contributed by atoms with Crippen LogP contribution in [0.2, 0.25) is 0 Å². The average Bonchev–Trinajstić information content (AvgIpc) is 2.07. The summed E-state index contributed by atoms with van der Waals surface area (Å²) >= 11 is 0. The number of carbonyl (C=O) groups excluding carboxylic acids is 1. The normalized spacial score (nSPS) is 33.7. The minimum absolute atomic E-state index is 0.0417. The Hall–Kier alpha value is -0.870. The van der Waals surface area contributed by atoms with Crippen LogP contribution < -0.4 is 0 Å². The molecule has 0 radical (unpaired) electrons. The molecule has 1 aliphatic rings. The number of aliphatic hydroxyl groups is 3. The second-order valence-electron chi connectivity index (χ2n) is 2.26. The van der Waals surface area contributed by atoms with Crippen LogP contribution in [0.1, 0.15) is 6.92 Å². The van der Waals surface area contributed by atoms with Gasteiger partial charge in [0.1, 0.15) is 18.0 Å². The molecule has 0 aromatic carbocycles. The van der Waals surface area contributed by atoms with E-state index in [9.17, 15) is 4.79 Å². The van der Waals surface area contributed by atoms with Gasteiger partial charge in [0.25, 0.3) is 0 Å². The van der Waals surface area contributed by atoms with Crippen LogP contribution in [0, 0.1) is 0 Å². The predicted molar refractivity (Wildman–Crippen MR) is 32.3 cm³/mol. The molecule has 10 heavy (non-hydrogen) atoms. The van der Waals surface area contributed by atoms with Crippen LogP contribution in [-0.2, 0) is 4.79 Å². The zero-order valence-corrected chi connectivity index (χ0v) is 5.40. The minimum atomic E-state index is -1.47. The van der Waals surface area contributed by atoms with E-state index in [0.29, 0.717) is 0 Å². The highest BCUT2D eigenvalue weighted by molar-refractivity contribution is 6.02. The molecule has 0 fully saturated rings. The van der Waals surface area contributed by atoms with Crippen molar-refractivity contribution in [2.24, 2.45) is 0 Å². The zero-order chi connectivity index (χ0) is 7.89. The third-order valence-corrected chi connectivity index (χ3v) is 1.60. The van der Waals surface area contributed by atoms with Crippen molar-refractivity contribution in [1.29, 1.82) is 0 Å². The number of hydrogen-bond donors (Lipinski definition) is 3. The number of carbonyl (C=O) groups is 1. The Morgan fingerprint density at radius 2 is 1.80 bits per heavy atom. The van der Waals surface area contributed by atoms with E-state index in [1.54, 1.807) is 0 Å². The second-order valence-corrected chi connectivity index (χ2v) is 2.26. The summed E-state index contributed by atoms with van der Waals surface area (Å²) in [5.41, 5.74) is 0.0417. The van der Waals surface area contributed by atoms with Gasteiger partial charge in [-0.3, -0.25) is 4.79 Å². The molecule has 0 heterocycles. The summed E-state index contributed by atoms with van der Waals surface area (Å²) in [7, 11) is 0. The summed E-state index contributed by atoms with van der Waals surface area (Å²) in [5.74, 6) is -1.03. The van der Waals surface area contributed by atoms with Crippen molar-refractivity contribution in [3.05, 3.63) is 11.3 Å². The van der Waals surface area contributed by atoms with E-state index in [2.05, 4.69) is 0 Å². The van der Waals surface area contributed by atoms with Gasteiger partial charge in [-0.25, -0.2) is 0 Å². The van der Waals surface area contributed by atoms with Gasteiger partial charge >= 0.3 is 0 Å². The van der Waals surface area contributed by atoms with Crippen molar-refractivity contribution in [1.82, 2.24) is 0 Å². The van der Waals surface area contributed by atoms with Crippen molar-refractivity contribution < 1.29 is 20.1 Å². The molecule has 0 saturated carbocycles. The largest absolute Gasteiger partial charge is 0.509 e. The Morgan fingerprint density at radius 3 is 1.90 bits per heavy atom. The van der Waals surface area contributed by atoms with Gasteiger partial charge in [-0.1, -0.05) is 0 Å². The van der Waals surface area contributed by atoms with Crippen molar-refractivity contribution in [3.63, 3.8) is 0 Å². The lowest BCUT2D eigenvalue weighted by Gasteiger charge is -2.04. The molecular weight excluding hydrogens is 136 g/mol. The molecule has 1 rings (SSSR count). The van der Waals surface area contributed by atoms with Gasteiger partial charge < -0.3 is 15.3 Å². The molecule has 2 atom stereocenters. The summed E-state index contributed by atoms with van der Waals surface area (Å²) in [4.78, 5) is 10.7. The number of ketones is 1. The molecule has 0 aliphatic heterocycles. The van der Waals surface area contributed by atoms with Gasteiger partial charge in [-0.15, -0.1) is 0 Å². The molecule has 0 spiro atoms. The van der Waals surface area contributed by atoms with E-state index in [4.69, 9.17) is 15.3 Å². The fourth-order valence-electron chi connectivity index (χ4n) is 0.863. The maximum Gasteiger partial charge on any atom is 0.193 e. The summed E-state index contributed by atoms with van der Waals surface area (Å²) < 4.78 is 0. The standard InChI is InChI=1S/C6H8O4/c1-2-3(7)5(9)6(10)4(2)8/h5-7,9-10H,1H3. The quantitative estimate of drug-likeness (QED) is 0.412. The smallest absolute Gasteiger partial charge is 0.193 e. The lowest BCUT2D eigenvalue weighted by atomic mass is 10.2. The lowest BCUT2D eigenvalue weighted by molar-refractivity contribution is -0.125. The first-order chi connectivity index (χ1) is 4.55. The summed E-state index contributed by atoms with van der Waals surface area (Å²) in [6.45, 7) is 1.36. The van der Waals surface area contributed by atoms with Gasteiger partial charge in [0, 0.05) is 5.57 Å². The molecule has 56 valence electrons. The first-order valence-corrected chi connectivity index (χ1v) is 2.85. The fraction of sp³-hybridized carbons (Fsp3) is 0.500. The Bertz CT molecular complexity index is 206. The van der Waals surface area contributed by atoms with Gasteiger partial charge in [0.15, 0.2) is 5.78 Å². The summed E-state index contributed by atoms with van der Waals surface area (Å²) in [6.07, 6.45) is -2.90. The van der Waals surface area contributed by atoms with E-state index in [1.165, 1.54) is 6.92 Å². The SMILES string of the molecule is CC1=C(O)C(O)C(O)C1=O. The van der Waals surface area contributed by atoms with Crippen molar-refractivity contribution >= 4 is 5.78 Å². The highest BCUT2D eigenvalue weighted by Gasteiger charge is 2.37. The van der Waals surface area contributed by atoms with Crippen LogP contribution in [0.4, 0.5) is 0 Å². The van der Waals surface area contributed by atoms with Crippen LogP contribution in [0.3, 0.4) is 0 Å². The van der Waals surface area contributed by atoms with Crippen LogP contribution in [0.15, 0.2) is 11.3 Å².